The van der Waals surface area contributed by atoms with Gasteiger partial charge < -0.3 is 78.5 Å². The van der Waals surface area contributed by atoms with Gasteiger partial charge >= 0.3 is 23.6 Å². The molecule has 0 radical (unpaired) electrons. The normalized spacial score (nSPS) is 40.6. The average Bonchev–Trinajstić information content (AvgIpc) is 0.851. The third-order valence-corrected chi connectivity index (χ3v) is 12.6. The number of anilines is 4. The number of amides is 4. The summed E-state index contributed by atoms with van der Waals surface area (Å²) in [6.07, 6.45) is -13.8. The number of nitrogens with zero attached hydrogens (tertiary/aromatic N) is 20. The van der Waals surface area contributed by atoms with Gasteiger partial charge in [0.05, 0.1) is 62.1 Å². The van der Waals surface area contributed by atoms with Crippen LogP contribution in [0.25, 0.3) is 63.5 Å². The van der Waals surface area contributed by atoms with Gasteiger partial charge in [0.1, 0.15) is 76.6 Å². The summed E-state index contributed by atoms with van der Waals surface area (Å²) >= 11 is 0. The molecule has 93 heavy (non-hydrogen) atoms. The number of likely N-dealkylation sites (N-methyl/N-ethyl adjacent to an activating group) is 4. The SMILES string of the molecule is [2H]c1nc(N(C([2H])([2H])[2H])[C@@]2([2H])C([2H])([2H])N(C(=O)C[N+]#[C-])C([2H])([2H])C([2H])([2H])[C@@]2([2H])C([2H])([2H])[2H])c2cc[nH]c2n1.[2H]c1nc(N(C([2H])([2H])[2H])[C@@]2([2H])C([2H])([2H])N(C(=O)C[N+]#[C-])C([2H])([2H])C([2H])([2H])[C@@]2([2H])C)c2cc[nH]c2n1.[2H]c1nc(N(C([2H])([2H])[2H])[C@]2([2H])[C@H](C([2H])([2H])[2H])C([2H])([2H])C([2H])([2H])N(C(=O)C[N+]#[C-])C2([2H])[2H])c2cc[nH]c2n1.[2H]c1nc(N([C@@H]2[C@H](C)C([2H])([2H])C([2H])([2H])N(C(=O)C[N+]#[C-])C2([2H])[2H])C([2H])([2H])[2H])c2c([2H])c(C)[nH]c2n1. The fourth-order valence-electron chi connectivity index (χ4n) is 8.14. The predicted molar refractivity (Wildman–Crippen MR) is 356 cm³/mol. The van der Waals surface area contributed by atoms with Crippen LogP contribution in [-0.2, 0) is 19.2 Å². The highest BCUT2D eigenvalue weighted by molar-refractivity contribution is 5.90. The van der Waals surface area contributed by atoms with E-state index in [9.17, 15) is 21.9 Å². The summed E-state index contributed by atoms with van der Waals surface area (Å²) in [5.74, 6) is -21.7. The van der Waals surface area contributed by atoms with E-state index in [4.69, 9.17) is 94.8 Å². The molecule has 0 aromatic carbocycles. The quantitative estimate of drug-likeness (QED) is 0.0949. The van der Waals surface area contributed by atoms with Crippen molar-refractivity contribution in [2.24, 2.45) is 23.6 Å². The molecule has 4 aliphatic rings. The maximum Gasteiger partial charge on any atom is 0.302 e. The summed E-state index contributed by atoms with van der Waals surface area (Å²) in [6.45, 7) is -25.1. The van der Waals surface area contributed by atoms with Gasteiger partial charge in [0.25, 0.3) is 26.2 Å². The van der Waals surface area contributed by atoms with Gasteiger partial charge in [0, 0.05) is 154 Å². The van der Waals surface area contributed by atoms with Gasteiger partial charge in [-0.05, 0) is 80.3 Å². The molecule has 12 heterocycles. The van der Waals surface area contributed by atoms with Crippen molar-refractivity contribution in [3.05, 3.63) is 119 Å². The maximum absolute atomic E-state index is 12.9. The molecule has 0 spiro atoms. The molecule has 4 fully saturated rings. The van der Waals surface area contributed by atoms with Gasteiger partial charge in [-0.25, -0.2) is 66.2 Å². The Morgan fingerprint density at radius 1 is 0.516 bits per heavy atom. The van der Waals surface area contributed by atoms with E-state index in [0.717, 1.165) is 13.0 Å². The lowest BCUT2D eigenvalue weighted by atomic mass is 9.92. The number of piperidine rings is 4. The third kappa shape index (κ3) is 15.3. The molecular formula is C65H82N24O4. The van der Waals surface area contributed by atoms with Crippen molar-refractivity contribution in [2.45, 2.75) is 84.1 Å². The number of rotatable bonds is 12. The van der Waals surface area contributed by atoms with Crippen LogP contribution < -0.4 is 19.6 Å². The molecule has 0 saturated carbocycles. The molecule has 0 unspecified atom stereocenters. The number of H-pyrrole nitrogens is 4. The van der Waals surface area contributed by atoms with Crippen LogP contribution in [0.3, 0.4) is 0 Å². The van der Waals surface area contributed by atoms with Crippen LogP contribution in [0, 0.1) is 56.8 Å². The first kappa shape index (κ1) is 27.0. The van der Waals surface area contributed by atoms with Crippen LogP contribution in [-0.4, -0.2) is 233 Å². The molecule has 28 heteroatoms. The summed E-state index contributed by atoms with van der Waals surface area (Å²) in [7, 11) is 0. The lowest BCUT2D eigenvalue weighted by Crippen LogP contribution is -2.53. The van der Waals surface area contributed by atoms with Crippen LogP contribution in [0.2, 0.25) is 0 Å². The monoisotopic (exact) mass is 1320 g/mol. The van der Waals surface area contributed by atoms with Crippen LogP contribution in [0.4, 0.5) is 23.3 Å². The fourth-order valence-corrected chi connectivity index (χ4v) is 8.14. The van der Waals surface area contributed by atoms with E-state index in [2.05, 4.69) is 79.2 Å². The molecular weight excluding hydrogens is 1180 g/mol. The number of carbonyl (C=O) groups excluding carboxylic acids is 4. The van der Waals surface area contributed by atoms with Crippen molar-refractivity contribution in [3.63, 3.8) is 0 Å². The molecule has 0 bridgehead atoms. The number of aromatic amines is 4. The van der Waals surface area contributed by atoms with Gasteiger partial charge in [-0.2, -0.15) is 0 Å². The molecule has 8 atom stereocenters. The second-order valence-corrected chi connectivity index (χ2v) is 18.7. The maximum atomic E-state index is 12.9. The largest absolute Gasteiger partial charge is 0.354 e. The summed E-state index contributed by atoms with van der Waals surface area (Å²) in [5, 5.41) is -0.762. The number of hydrogen-bond donors (Lipinski definition) is 4. The molecule has 12 rings (SSSR count). The second kappa shape index (κ2) is 30.6. The van der Waals surface area contributed by atoms with Gasteiger partial charge in [-0.1, -0.05) is 27.6 Å². The molecule has 4 N–H and O–H groups in total. The third-order valence-electron chi connectivity index (χ3n) is 12.6. The Kier molecular flexibility index (Phi) is 8.87. The number of aromatic nitrogens is 12. The molecule has 4 amide bonds. The van der Waals surface area contributed by atoms with Crippen molar-refractivity contribution in [1.29, 1.82) is 0 Å². The Morgan fingerprint density at radius 2 is 0.892 bits per heavy atom. The van der Waals surface area contributed by atoms with E-state index in [1.807, 2.05) is 0 Å². The molecule has 4 aliphatic heterocycles. The first-order valence-corrected chi connectivity index (χ1v) is 26.2. The lowest BCUT2D eigenvalue weighted by molar-refractivity contribution is -0.131. The molecule has 486 valence electrons. The zero-order chi connectivity index (χ0) is 112. The number of aryl methyl sites for hydroxylation is 1. The van der Waals surface area contributed by atoms with Crippen LogP contribution >= 0.6 is 0 Å². The summed E-state index contributed by atoms with van der Waals surface area (Å²) in [6, 6.07) is -10.4. The van der Waals surface area contributed by atoms with E-state index >= 15 is 0 Å². The number of likely N-dealkylation sites (tertiary alicyclic amines) is 4. The summed E-state index contributed by atoms with van der Waals surface area (Å²) in [5.41, 5.74) is -0.237. The highest BCUT2D eigenvalue weighted by Gasteiger charge is 2.38. The first-order chi connectivity index (χ1) is 65.1. The van der Waals surface area contributed by atoms with Crippen LogP contribution in [0.1, 0.15) is 130 Å². The Hall–Kier alpha value is -10.5. The molecule has 8 aromatic rings. The molecule has 8 aromatic heterocycles. The summed E-state index contributed by atoms with van der Waals surface area (Å²) in [4.78, 5) is 101. The van der Waals surface area contributed by atoms with E-state index in [1.54, 1.807) is 0 Å². The molecule has 0 aliphatic carbocycles. The average molecular weight is 1320 g/mol. The molecule has 28 nitrogen and oxygen atoms in total. The van der Waals surface area contributed by atoms with Crippen molar-refractivity contribution in [1.82, 2.24) is 79.4 Å². The molecule has 4 saturated heterocycles. The Bertz CT molecular complexity index is 6550. The lowest BCUT2D eigenvalue weighted by Gasteiger charge is -2.41. The number of fused-ring (bicyclic) bond motifs is 4. The number of nitrogens with one attached hydrogen (secondary N) is 4. The smallest absolute Gasteiger partial charge is 0.302 e. The van der Waals surface area contributed by atoms with Crippen molar-refractivity contribution >= 4 is 91.0 Å². The van der Waals surface area contributed by atoms with E-state index in [-0.39, 0.29) is 80.4 Å². The van der Waals surface area contributed by atoms with Crippen molar-refractivity contribution < 1.29 is 90.5 Å². The minimum Gasteiger partial charge on any atom is -0.354 e. The minimum atomic E-state index is -4.29. The number of hydrogen-bond acceptors (Lipinski definition) is 16. The van der Waals surface area contributed by atoms with E-state index < -0.39 is 275 Å². The Morgan fingerprint density at radius 3 is 1.32 bits per heavy atom. The standard InChI is InChI=1S/C17H22N6O.3C16H20N6O/c1-11-5-6-23(15(24)8-18-3)9-14(11)22(4)17-13-7-12(2)21-16(13)19-10-20-17;3*1-11-5-7-22(14(23)8-17-2)9-13(11)21(3)16-12-4-6-18-15(12)19-10-20-16/h7,10-11,14H,5-6,8-9H2,1-2,4H3,(H,19,20,21);3*4,6,10-11,13H,5,7-9H2,1,3H3,(H,18,19,20)/t11-,14+;3*11-,13+/m1111/s1/i4D3,5D2,6D2,7D,9D2,10D;1D3,3D3,5D2,7D2,9D2,10D,11D,13D;3D3,5D2,7D2,9D2,10D,11D,13D;1D3,3D3,5D2,7D2,9D2,10D,13D. The van der Waals surface area contributed by atoms with E-state index in [1.165, 1.54) is 37.6 Å². The summed E-state index contributed by atoms with van der Waals surface area (Å²) < 4.78 is 434. The predicted octanol–water partition coefficient (Wildman–Crippen LogP) is 6.51. The topological polar surface area (TPSA) is 278 Å². The van der Waals surface area contributed by atoms with Gasteiger partial charge in [-0.3, -0.25) is 19.2 Å². The first-order valence-electron chi connectivity index (χ1n) is 52.2. The van der Waals surface area contributed by atoms with Gasteiger partial charge in [0.2, 0.25) is 0 Å². The Labute approximate surface area is 614 Å². The fraction of sp³-hybridized carbons (Fsp3) is 0.508. The van der Waals surface area contributed by atoms with Crippen LogP contribution in [0.5, 0.6) is 0 Å². The highest BCUT2D eigenvalue weighted by Crippen LogP contribution is 2.33. The zero-order valence-electron chi connectivity index (χ0n) is 100. The zero-order valence-corrected chi connectivity index (χ0v) is 48.1. The number of carbonyl (C=O) groups is 4. The van der Waals surface area contributed by atoms with Gasteiger partial charge in [-0.15, -0.1) is 0 Å². The van der Waals surface area contributed by atoms with Crippen molar-refractivity contribution in [2.75, 3.05) is 126 Å². The highest BCUT2D eigenvalue weighted by atomic mass is 16.2. The minimum absolute atomic E-state index is 0.00802. The van der Waals surface area contributed by atoms with Crippen molar-refractivity contribution in [3.8, 4) is 0 Å². The Balaban J connectivity index is 0.000000215. The van der Waals surface area contributed by atoms with Gasteiger partial charge in [0.15, 0.2) is 0 Å². The van der Waals surface area contributed by atoms with E-state index in [0.29, 0.717) is 11.8 Å². The second-order valence-electron chi connectivity index (χ2n) is 18.7. The van der Waals surface area contributed by atoms with Crippen LogP contribution in [0.15, 0.2) is 68.0 Å².